The van der Waals surface area contributed by atoms with Gasteiger partial charge in [-0.1, -0.05) is 58.9 Å². The minimum absolute atomic E-state index is 0.0546. The van der Waals surface area contributed by atoms with Crippen LogP contribution in [0.4, 0.5) is 0 Å². The Kier molecular flexibility index (Phi) is 7.97. The highest BCUT2D eigenvalue weighted by Gasteiger charge is 2.17. The first kappa shape index (κ1) is 24.6. The van der Waals surface area contributed by atoms with E-state index < -0.39 is 15.9 Å². The molecule has 2 rings (SSSR count). The van der Waals surface area contributed by atoms with Gasteiger partial charge >= 0.3 is 0 Å². The monoisotopic (exact) mass is 445 g/mol. The Morgan fingerprint density at radius 1 is 0.903 bits per heavy atom. The molecule has 31 heavy (non-hydrogen) atoms. The Morgan fingerprint density at radius 2 is 1.48 bits per heavy atom. The number of carbonyl (C=O) groups is 2. The van der Waals surface area contributed by atoms with Crippen LogP contribution in [-0.4, -0.2) is 20.2 Å². The Morgan fingerprint density at radius 3 is 2.00 bits per heavy atom. The van der Waals surface area contributed by atoms with E-state index in [1.807, 2.05) is 26.0 Å². The van der Waals surface area contributed by atoms with Gasteiger partial charge in [-0.3, -0.25) is 20.4 Å². The van der Waals surface area contributed by atoms with Crippen molar-refractivity contribution in [3.8, 4) is 0 Å². The van der Waals surface area contributed by atoms with Gasteiger partial charge in [0.15, 0.2) is 0 Å². The summed E-state index contributed by atoms with van der Waals surface area (Å²) < 4.78 is 27.7. The van der Waals surface area contributed by atoms with Crippen LogP contribution in [0, 0.1) is 5.92 Å². The average Bonchev–Trinajstić information content (AvgIpc) is 2.70. The summed E-state index contributed by atoms with van der Waals surface area (Å²) in [4.78, 5) is 23.9. The van der Waals surface area contributed by atoms with Crippen LogP contribution in [0.25, 0.3) is 0 Å². The number of hydrogen-bond acceptors (Lipinski definition) is 4. The van der Waals surface area contributed by atoms with Gasteiger partial charge in [-0.25, -0.2) is 13.1 Å². The molecule has 0 aromatic heterocycles. The van der Waals surface area contributed by atoms with Crippen molar-refractivity contribution in [3.63, 3.8) is 0 Å². The van der Waals surface area contributed by atoms with Crippen LogP contribution in [-0.2, 0) is 26.8 Å². The summed E-state index contributed by atoms with van der Waals surface area (Å²) in [5.41, 5.74) is 6.80. The Bertz CT molecular complexity index is 1010. The van der Waals surface area contributed by atoms with Crippen molar-refractivity contribution in [2.75, 3.05) is 0 Å². The lowest BCUT2D eigenvalue weighted by atomic mass is 9.87. The molecular weight excluding hydrogens is 414 g/mol. The zero-order valence-corrected chi connectivity index (χ0v) is 19.5. The lowest BCUT2D eigenvalue weighted by molar-refractivity contribution is -0.122. The molecule has 168 valence electrons. The van der Waals surface area contributed by atoms with Crippen LogP contribution in [0.2, 0.25) is 0 Å². The van der Waals surface area contributed by atoms with Crippen molar-refractivity contribution in [1.82, 2.24) is 15.6 Å². The number of hydrazine groups is 1. The number of nitrogens with one attached hydrogen (secondary N) is 3. The molecule has 2 amide bonds. The van der Waals surface area contributed by atoms with Gasteiger partial charge in [0.25, 0.3) is 5.91 Å². The summed E-state index contributed by atoms with van der Waals surface area (Å²) in [7, 11) is -3.65. The van der Waals surface area contributed by atoms with Crippen LogP contribution in [0.15, 0.2) is 53.4 Å². The number of carbonyl (C=O) groups excluding carboxylic acids is 2. The highest BCUT2D eigenvalue weighted by Crippen LogP contribution is 2.23. The van der Waals surface area contributed by atoms with E-state index in [2.05, 4.69) is 36.3 Å². The Hall–Kier alpha value is -2.71. The van der Waals surface area contributed by atoms with Crippen LogP contribution < -0.4 is 15.6 Å². The van der Waals surface area contributed by atoms with E-state index in [1.54, 1.807) is 36.4 Å². The maximum Gasteiger partial charge on any atom is 0.269 e. The molecule has 0 atom stereocenters. The smallest absolute Gasteiger partial charge is 0.269 e. The van der Waals surface area contributed by atoms with Gasteiger partial charge in [-0.05, 0) is 46.7 Å². The maximum absolute atomic E-state index is 12.6. The first-order valence-corrected chi connectivity index (χ1v) is 11.6. The molecule has 3 N–H and O–H groups in total. The fourth-order valence-electron chi connectivity index (χ4n) is 2.79. The molecule has 0 aliphatic carbocycles. The largest absolute Gasteiger partial charge is 0.273 e. The molecule has 0 heterocycles. The molecule has 0 unspecified atom stereocenters. The number of sulfonamides is 1. The van der Waals surface area contributed by atoms with Crippen molar-refractivity contribution in [2.24, 2.45) is 5.92 Å². The molecule has 0 aliphatic rings. The highest BCUT2D eigenvalue weighted by molar-refractivity contribution is 7.89. The first-order valence-electron chi connectivity index (χ1n) is 10.2. The molecule has 0 aliphatic heterocycles. The van der Waals surface area contributed by atoms with Gasteiger partial charge in [0, 0.05) is 18.5 Å². The van der Waals surface area contributed by atoms with E-state index in [0.717, 1.165) is 5.56 Å². The molecule has 0 spiro atoms. The zero-order valence-electron chi connectivity index (χ0n) is 18.7. The van der Waals surface area contributed by atoms with Crippen molar-refractivity contribution >= 4 is 21.8 Å². The van der Waals surface area contributed by atoms with Crippen LogP contribution in [0.1, 0.15) is 62.5 Å². The van der Waals surface area contributed by atoms with Crippen molar-refractivity contribution in [2.45, 2.75) is 57.9 Å². The molecule has 0 bridgehead atoms. The van der Waals surface area contributed by atoms with E-state index in [9.17, 15) is 18.0 Å². The molecule has 0 saturated carbocycles. The molecule has 2 aromatic rings. The van der Waals surface area contributed by atoms with Crippen LogP contribution in [0.5, 0.6) is 0 Å². The van der Waals surface area contributed by atoms with Crippen molar-refractivity contribution in [3.05, 3.63) is 65.2 Å². The molecule has 0 fully saturated rings. The number of benzene rings is 2. The molecule has 8 heteroatoms. The second-order valence-corrected chi connectivity index (χ2v) is 10.7. The Labute approximate surface area is 184 Å². The number of amides is 2. The molecule has 0 radical (unpaired) electrons. The molecule has 0 saturated heterocycles. The quantitative estimate of drug-likeness (QED) is 0.569. The van der Waals surface area contributed by atoms with Crippen molar-refractivity contribution < 1.29 is 18.0 Å². The third-order valence-corrected chi connectivity index (χ3v) is 6.04. The Balaban J connectivity index is 1.94. The molecular formula is C23H31N3O4S. The fourth-order valence-corrected chi connectivity index (χ4v) is 3.81. The second kappa shape index (κ2) is 10.1. The summed E-state index contributed by atoms with van der Waals surface area (Å²) in [5, 5.41) is 0. The first-order chi connectivity index (χ1) is 14.4. The zero-order chi connectivity index (χ0) is 23.2. The van der Waals surface area contributed by atoms with E-state index in [0.29, 0.717) is 17.5 Å². The van der Waals surface area contributed by atoms with E-state index in [1.165, 1.54) is 0 Å². The van der Waals surface area contributed by atoms with Crippen molar-refractivity contribution in [1.29, 1.82) is 0 Å². The number of rotatable bonds is 7. The van der Waals surface area contributed by atoms with Gasteiger partial charge in [0.2, 0.25) is 15.9 Å². The fraction of sp³-hybridized carbons (Fsp3) is 0.391. The molecule has 2 aromatic carbocycles. The van der Waals surface area contributed by atoms with Crippen LogP contribution >= 0.6 is 0 Å². The third-order valence-electron chi connectivity index (χ3n) is 4.62. The van der Waals surface area contributed by atoms with E-state index >= 15 is 0 Å². The van der Waals surface area contributed by atoms with E-state index in [-0.39, 0.29) is 28.7 Å². The highest BCUT2D eigenvalue weighted by atomic mass is 32.2. The number of hydrogen-bond donors (Lipinski definition) is 3. The summed E-state index contributed by atoms with van der Waals surface area (Å²) in [6.07, 6.45) is 0.318. The SMILES string of the molecule is CC(C)CC(=O)NNC(=O)c1ccc(CNS(=O)(=O)c2ccc(C(C)(C)C)cc2)cc1. The second-order valence-electron chi connectivity index (χ2n) is 8.90. The lowest BCUT2D eigenvalue weighted by Crippen LogP contribution is -2.42. The van der Waals surface area contributed by atoms with Gasteiger partial charge < -0.3 is 0 Å². The minimum Gasteiger partial charge on any atom is -0.273 e. The summed E-state index contributed by atoms with van der Waals surface area (Å²) in [6.45, 7) is 10.1. The topological polar surface area (TPSA) is 104 Å². The predicted molar refractivity (Wildman–Crippen MR) is 121 cm³/mol. The summed E-state index contributed by atoms with van der Waals surface area (Å²) in [5.74, 6) is -0.510. The van der Waals surface area contributed by atoms with Gasteiger partial charge in [0.05, 0.1) is 4.90 Å². The normalized spacial score (nSPS) is 11.9. The summed E-state index contributed by atoms with van der Waals surface area (Å²) in [6, 6.07) is 13.3. The third kappa shape index (κ3) is 7.48. The van der Waals surface area contributed by atoms with E-state index in [4.69, 9.17) is 0 Å². The standard InChI is InChI=1S/C23H31N3O4S/c1-16(2)14-21(27)25-26-22(28)18-8-6-17(7-9-18)15-24-31(29,30)20-12-10-19(11-13-20)23(3,4)5/h6-13,16,24H,14-15H2,1-5H3,(H,25,27)(H,26,28). The lowest BCUT2D eigenvalue weighted by Gasteiger charge is -2.19. The van der Waals surface area contributed by atoms with Crippen LogP contribution in [0.3, 0.4) is 0 Å². The minimum atomic E-state index is -3.65. The average molecular weight is 446 g/mol. The predicted octanol–water partition coefficient (Wildman–Crippen LogP) is 3.27. The van der Waals surface area contributed by atoms with Gasteiger partial charge in [-0.15, -0.1) is 0 Å². The van der Waals surface area contributed by atoms with Gasteiger partial charge in [0.1, 0.15) is 0 Å². The molecule has 7 nitrogen and oxygen atoms in total. The maximum atomic E-state index is 12.6. The van der Waals surface area contributed by atoms with Gasteiger partial charge in [-0.2, -0.15) is 0 Å². The summed E-state index contributed by atoms with van der Waals surface area (Å²) >= 11 is 0.